The molecule has 0 atom stereocenters. The summed E-state index contributed by atoms with van der Waals surface area (Å²) in [7, 11) is 0. The number of hydrogen-bond acceptors (Lipinski definition) is 5. The Kier molecular flexibility index (Phi) is 4.86. The lowest BCUT2D eigenvalue weighted by Crippen LogP contribution is -2.32. The topological polar surface area (TPSA) is 101 Å². The van der Waals surface area contributed by atoms with Crippen molar-refractivity contribution in [2.45, 2.75) is 0 Å². The summed E-state index contributed by atoms with van der Waals surface area (Å²) in [5, 5.41) is 8.40. The molecule has 142 valence electrons. The number of rotatable bonds is 3. The van der Waals surface area contributed by atoms with Crippen molar-refractivity contribution in [3.8, 4) is 0 Å². The van der Waals surface area contributed by atoms with Crippen LogP contribution >= 0.6 is 0 Å². The van der Waals surface area contributed by atoms with Gasteiger partial charge in [0.25, 0.3) is 0 Å². The van der Waals surface area contributed by atoms with Gasteiger partial charge in [0.05, 0.1) is 17.2 Å². The molecule has 2 N–H and O–H groups in total. The van der Waals surface area contributed by atoms with Crippen molar-refractivity contribution in [1.29, 1.82) is 0 Å². The average molecular weight is 385 g/mol. The molecule has 0 aliphatic rings. The van der Waals surface area contributed by atoms with Crippen LogP contribution in [0.3, 0.4) is 0 Å². The number of anilines is 1. The van der Waals surface area contributed by atoms with Gasteiger partial charge >= 0.3 is 11.8 Å². The first-order valence-corrected chi connectivity index (χ1v) is 8.76. The Hall–Kier alpha value is -4.26. The van der Waals surface area contributed by atoms with Crippen LogP contribution in [0.15, 0.2) is 87.3 Å². The van der Waals surface area contributed by atoms with E-state index < -0.39 is 11.8 Å². The first kappa shape index (κ1) is 18.1. The van der Waals surface area contributed by atoms with Crippen LogP contribution in [-0.2, 0) is 9.59 Å². The molecule has 1 heterocycles. The lowest BCUT2D eigenvalue weighted by Gasteiger charge is -2.07. The molecule has 0 unspecified atom stereocenters. The molecule has 0 bridgehead atoms. The minimum absolute atomic E-state index is 0.151. The Balaban J connectivity index is 1.46. The van der Waals surface area contributed by atoms with Gasteiger partial charge in [-0.2, -0.15) is 5.10 Å². The van der Waals surface area contributed by atoms with Crippen molar-refractivity contribution in [3.05, 3.63) is 88.8 Å². The lowest BCUT2D eigenvalue weighted by atomic mass is 10.1. The molecule has 0 saturated carbocycles. The molecule has 4 rings (SSSR count). The van der Waals surface area contributed by atoms with Crippen LogP contribution in [0.5, 0.6) is 0 Å². The Morgan fingerprint density at radius 2 is 1.59 bits per heavy atom. The van der Waals surface area contributed by atoms with Crippen molar-refractivity contribution >= 4 is 45.5 Å². The van der Waals surface area contributed by atoms with Gasteiger partial charge in [0.15, 0.2) is 0 Å². The van der Waals surface area contributed by atoms with Gasteiger partial charge in [-0.05, 0) is 23.6 Å². The third-order valence-electron chi connectivity index (χ3n) is 4.32. The molecule has 4 aromatic rings. The molecule has 0 aliphatic heterocycles. The van der Waals surface area contributed by atoms with E-state index in [1.807, 2.05) is 30.3 Å². The van der Waals surface area contributed by atoms with Gasteiger partial charge < -0.3 is 9.73 Å². The second kappa shape index (κ2) is 7.77. The maximum Gasteiger partial charge on any atom is 0.329 e. The van der Waals surface area contributed by atoms with E-state index in [2.05, 4.69) is 15.8 Å². The number of nitrogens with one attached hydrogen (secondary N) is 2. The van der Waals surface area contributed by atoms with E-state index in [4.69, 9.17) is 4.42 Å². The third-order valence-corrected chi connectivity index (χ3v) is 4.32. The van der Waals surface area contributed by atoms with E-state index in [9.17, 15) is 14.4 Å². The van der Waals surface area contributed by atoms with Crippen molar-refractivity contribution in [2.24, 2.45) is 5.10 Å². The van der Waals surface area contributed by atoms with Crippen molar-refractivity contribution in [1.82, 2.24) is 5.43 Å². The fraction of sp³-hybridized carbons (Fsp3) is 0. The van der Waals surface area contributed by atoms with E-state index >= 15 is 0 Å². The maximum absolute atomic E-state index is 12.4. The van der Waals surface area contributed by atoms with Gasteiger partial charge in [-0.3, -0.25) is 14.4 Å². The van der Waals surface area contributed by atoms with Crippen LogP contribution in [-0.4, -0.2) is 18.0 Å². The summed E-state index contributed by atoms with van der Waals surface area (Å²) in [6.07, 6.45) is 2.39. The number of carbonyl (C=O) groups excluding carboxylic acids is 2. The molecule has 1 aromatic heterocycles. The van der Waals surface area contributed by atoms with Crippen LogP contribution < -0.4 is 16.2 Å². The van der Waals surface area contributed by atoms with Crippen LogP contribution in [0.2, 0.25) is 0 Å². The van der Waals surface area contributed by atoms with E-state index in [-0.39, 0.29) is 11.0 Å². The summed E-state index contributed by atoms with van der Waals surface area (Å²) in [5.41, 5.74) is 2.94. The highest BCUT2D eigenvalue weighted by Crippen LogP contribution is 2.22. The van der Waals surface area contributed by atoms with E-state index in [0.29, 0.717) is 16.7 Å². The van der Waals surface area contributed by atoms with Gasteiger partial charge in [-0.15, -0.1) is 0 Å². The summed E-state index contributed by atoms with van der Waals surface area (Å²) in [4.78, 5) is 36.6. The fourth-order valence-corrected chi connectivity index (χ4v) is 2.91. The van der Waals surface area contributed by atoms with Crippen LogP contribution in [0, 0.1) is 0 Å². The molecule has 0 radical (unpaired) electrons. The van der Waals surface area contributed by atoms with Gasteiger partial charge in [0, 0.05) is 11.1 Å². The minimum Gasteiger partial charge on any atom is -0.463 e. The molecular weight excluding hydrogens is 370 g/mol. The third kappa shape index (κ3) is 3.74. The number of hydrazone groups is 1. The normalized spacial score (nSPS) is 11.0. The molecule has 0 saturated heterocycles. The molecular formula is C22H15N3O4. The van der Waals surface area contributed by atoms with Gasteiger partial charge in [-0.25, -0.2) is 5.43 Å². The summed E-state index contributed by atoms with van der Waals surface area (Å²) < 4.78 is 5.37. The maximum atomic E-state index is 12.4. The number of para-hydroxylation sites is 1. The predicted molar refractivity (Wildman–Crippen MR) is 111 cm³/mol. The minimum atomic E-state index is -0.959. The van der Waals surface area contributed by atoms with E-state index in [1.165, 1.54) is 6.26 Å². The van der Waals surface area contributed by atoms with Gasteiger partial charge in [0.1, 0.15) is 11.8 Å². The number of fused-ring (bicyclic) bond motifs is 2. The monoisotopic (exact) mass is 385 g/mol. The SMILES string of the molecule is O=C(N/N=C\c1coc2ccccc2c1=O)C(=O)Nc1cccc2ccccc12. The number of benzene rings is 3. The second-order valence-corrected chi connectivity index (χ2v) is 6.20. The number of nitrogens with zero attached hydrogens (tertiary/aromatic N) is 1. The number of carbonyl (C=O) groups is 2. The molecule has 7 nitrogen and oxygen atoms in total. The van der Waals surface area contributed by atoms with Crippen LogP contribution in [0.1, 0.15) is 5.56 Å². The number of hydrogen-bond donors (Lipinski definition) is 2. The first-order valence-electron chi connectivity index (χ1n) is 8.76. The summed E-state index contributed by atoms with van der Waals surface area (Å²) in [5.74, 6) is -1.83. The van der Waals surface area contributed by atoms with Crippen LogP contribution in [0.4, 0.5) is 5.69 Å². The molecule has 29 heavy (non-hydrogen) atoms. The Morgan fingerprint density at radius 3 is 2.45 bits per heavy atom. The zero-order valence-electron chi connectivity index (χ0n) is 15.1. The Morgan fingerprint density at radius 1 is 0.862 bits per heavy atom. The number of amides is 2. The van der Waals surface area contributed by atoms with E-state index in [1.54, 1.807) is 36.4 Å². The Bertz CT molecular complexity index is 1320. The molecule has 0 spiro atoms. The smallest absolute Gasteiger partial charge is 0.329 e. The fourth-order valence-electron chi connectivity index (χ4n) is 2.91. The molecule has 2 amide bonds. The summed E-state index contributed by atoms with van der Waals surface area (Å²) >= 11 is 0. The highest BCUT2D eigenvalue weighted by molar-refractivity contribution is 6.40. The van der Waals surface area contributed by atoms with E-state index in [0.717, 1.165) is 17.0 Å². The predicted octanol–water partition coefficient (Wildman–Crippen LogP) is 3.04. The highest BCUT2D eigenvalue weighted by Gasteiger charge is 2.14. The zero-order valence-corrected chi connectivity index (χ0v) is 15.1. The summed E-state index contributed by atoms with van der Waals surface area (Å²) in [6, 6.07) is 19.7. The highest BCUT2D eigenvalue weighted by atomic mass is 16.3. The lowest BCUT2D eigenvalue weighted by molar-refractivity contribution is -0.136. The van der Waals surface area contributed by atoms with Gasteiger partial charge in [-0.1, -0.05) is 48.5 Å². The first-order chi connectivity index (χ1) is 14.1. The van der Waals surface area contributed by atoms with Gasteiger partial charge in [0.2, 0.25) is 5.43 Å². The largest absolute Gasteiger partial charge is 0.463 e. The average Bonchev–Trinajstić information content (AvgIpc) is 2.75. The van der Waals surface area contributed by atoms with Crippen LogP contribution in [0.25, 0.3) is 21.7 Å². The second-order valence-electron chi connectivity index (χ2n) is 6.20. The molecule has 3 aromatic carbocycles. The van der Waals surface area contributed by atoms with Crippen molar-refractivity contribution < 1.29 is 14.0 Å². The zero-order chi connectivity index (χ0) is 20.2. The summed E-state index contributed by atoms with van der Waals surface area (Å²) in [6.45, 7) is 0. The molecule has 0 fully saturated rings. The Labute approximate surface area is 164 Å². The standard InChI is InChI=1S/C22H15N3O4/c26-20-15(13-29-19-11-4-3-9-17(19)20)12-23-25-22(28)21(27)24-18-10-5-7-14-6-1-2-8-16(14)18/h1-13H,(H,24,27)(H,25,28)/b23-12-. The molecule has 0 aliphatic carbocycles. The van der Waals surface area contributed by atoms with Crippen molar-refractivity contribution in [3.63, 3.8) is 0 Å². The van der Waals surface area contributed by atoms with Crippen molar-refractivity contribution in [2.75, 3.05) is 5.32 Å². The quantitative estimate of drug-likeness (QED) is 0.322. The molecule has 7 heteroatoms.